The maximum atomic E-state index is 13.7. The first kappa shape index (κ1) is 16.9. The van der Waals surface area contributed by atoms with Gasteiger partial charge in [0.1, 0.15) is 5.82 Å². The van der Waals surface area contributed by atoms with Gasteiger partial charge in [-0.25, -0.2) is 4.39 Å². The molecule has 0 amide bonds. The Morgan fingerprint density at radius 1 is 1.24 bits per heavy atom. The predicted molar refractivity (Wildman–Crippen MR) is 92.0 cm³/mol. The van der Waals surface area contributed by atoms with Crippen LogP contribution in [-0.2, 0) is 0 Å². The van der Waals surface area contributed by atoms with Gasteiger partial charge in [0.25, 0.3) is 0 Å². The second-order valence-electron chi connectivity index (χ2n) is 4.91. The number of benzene rings is 1. The van der Waals surface area contributed by atoms with E-state index in [0.29, 0.717) is 0 Å². The largest absolute Gasteiger partial charge is 0.314 e. The van der Waals surface area contributed by atoms with E-state index in [9.17, 15) is 4.39 Å². The molecule has 21 heavy (non-hydrogen) atoms. The van der Waals surface area contributed by atoms with Crippen molar-refractivity contribution in [1.29, 1.82) is 0 Å². The lowest BCUT2D eigenvalue weighted by Crippen LogP contribution is -2.45. The summed E-state index contributed by atoms with van der Waals surface area (Å²) in [5, 5.41) is 5.45. The summed E-state index contributed by atoms with van der Waals surface area (Å²) in [7, 11) is 0. The van der Waals surface area contributed by atoms with Crippen molar-refractivity contribution in [3.8, 4) is 0 Å². The smallest absolute Gasteiger partial charge is 0.124 e. The highest BCUT2D eigenvalue weighted by atomic mass is 79.9. The van der Waals surface area contributed by atoms with E-state index in [4.69, 9.17) is 0 Å². The highest BCUT2D eigenvalue weighted by molar-refractivity contribution is 9.10. The third-order valence-electron chi connectivity index (χ3n) is 3.53. The molecule has 0 unspecified atom stereocenters. The molecule has 1 aliphatic heterocycles. The van der Waals surface area contributed by atoms with Gasteiger partial charge in [0.2, 0.25) is 0 Å². The molecule has 1 aromatic carbocycles. The maximum Gasteiger partial charge on any atom is 0.124 e. The number of nitrogens with zero attached hydrogens (tertiary/aromatic N) is 1. The molecular weight excluding hydrogens is 375 g/mol. The highest BCUT2D eigenvalue weighted by Crippen LogP contribution is 2.33. The molecule has 1 fully saturated rings. The highest BCUT2D eigenvalue weighted by Gasteiger charge is 2.25. The van der Waals surface area contributed by atoms with Crippen LogP contribution in [0.3, 0.4) is 0 Å². The van der Waals surface area contributed by atoms with Crippen LogP contribution in [-0.4, -0.2) is 31.1 Å². The minimum absolute atomic E-state index is 0. The topological polar surface area (TPSA) is 15.3 Å². The van der Waals surface area contributed by atoms with Crippen LogP contribution in [0.1, 0.15) is 16.5 Å². The molecule has 1 atom stereocenters. The standard InChI is InChI=1S/C15H16BrFN2S.ClH/c16-12-8-11(9-13(17)10-12)15(14-2-1-7-20-14)19-5-3-18-4-6-19;/h1-2,7-10,15,18H,3-6H2;1H/t15-;/m1./s1. The van der Waals surface area contributed by atoms with Gasteiger partial charge in [-0.1, -0.05) is 22.0 Å². The molecule has 1 saturated heterocycles. The van der Waals surface area contributed by atoms with Gasteiger partial charge < -0.3 is 5.32 Å². The molecule has 6 heteroatoms. The molecular formula is C15H17BrClFN2S. The van der Waals surface area contributed by atoms with Gasteiger partial charge >= 0.3 is 0 Å². The van der Waals surface area contributed by atoms with Crippen LogP contribution in [0.4, 0.5) is 4.39 Å². The van der Waals surface area contributed by atoms with Gasteiger partial charge in [-0.15, -0.1) is 23.7 Å². The molecule has 1 N–H and O–H groups in total. The molecule has 0 saturated carbocycles. The van der Waals surface area contributed by atoms with Crippen molar-refractivity contribution in [2.24, 2.45) is 0 Å². The molecule has 1 aliphatic rings. The van der Waals surface area contributed by atoms with Crippen LogP contribution in [0.15, 0.2) is 40.2 Å². The third kappa shape index (κ3) is 4.05. The molecule has 1 aromatic heterocycles. The van der Waals surface area contributed by atoms with E-state index < -0.39 is 0 Å². The third-order valence-corrected chi connectivity index (χ3v) is 4.91. The van der Waals surface area contributed by atoms with Gasteiger partial charge in [-0.2, -0.15) is 0 Å². The predicted octanol–water partition coefficient (Wildman–Crippen LogP) is 4.07. The Balaban J connectivity index is 0.00000161. The molecule has 0 bridgehead atoms. The Bertz CT molecular complexity index is 553. The molecule has 3 rings (SSSR count). The molecule has 0 spiro atoms. The van der Waals surface area contributed by atoms with E-state index in [-0.39, 0.29) is 24.3 Å². The van der Waals surface area contributed by atoms with Crippen LogP contribution < -0.4 is 5.32 Å². The van der Waals surface area contributed by atoms with E-state index in [1.54, 1.807) is 17.4 Å². The second kappa shape index (κ2) is 7.70. The quantitative estimate of drug-likeness (QED) is 0.848. The fraction of sp³-hybridized carbons (Fsp3) is 0.333. The van der Waals surface area contributed by atoms with E-state index in [1.165, 1.54) is 10.9 Å². The zero-order valence-electron chi connectivity index (χ0n) is 11.4. The Hall–Kier alpha value is -0.460. The van der Waals surface area contributed by atoms with Gasteiger partial charge in [0.15, 0.2) is 0 Å². The Kier molecular flexibility index (Phi) is 6.20. The fourth-order valence-corrected chi connectivity index (χ4v) is 4.04. The lowest BCUT2D eigenvalue weighted by molar-refractivity contribution is 0.200. The van der Waals surface area contributed by atoms with Crippen LogP contribution in [0.5, 0.6) is 0 Å². The zero-order chi connectivity index (χ0) is 13.9. The first-order valence-corrected chi connectivity index (χ1v) is 8.35. The van der Waals surface area contributed by atoms with Gasteiger partial charge in [0.05, 0.1) is 6.04 Å². The van der Waals surface area contributed by atoms with Crippen LogP contribution in [0.25, 0.3) is 0 Å². The second-order valence-corrected chi connectivity index (χ2v) is 6.80. The van der Waals surface area contributed by atoms with Crippen LogP contribution in [0.2, 0.25) is 0 Å². The van der Waals surface area contributed by atoms with Crippen molar-refractivity contribution in [3.63, 3.8) is 0 Å². The van der Waals surface area contributed by atoms with Crippen molar-refractivity contribution in [2.45, 2.75) is 6.04 Å². The number of hydrogen-bond acceptors (Lipinski definition) is 3. The Morgan fingerprint density at radius 3 is 2.62 bits per heavy atom. The van der Waals surface area contributed by atoms with E-state index in [0.717, 1.165) is 36.2 Å². The normalized spacial score (nSPS) is 17.2. The van der Waals surface area contributed by atoms with Crippen molar-refractivity contribution >= 4 is 39.7 Å². The molecule has 0 aliphatic carbocycles. The van der Waals surface area contributed by atoms with Crippen LogP contribution >= 0.6 is 39.7 Å². The average Bonchev–Trinajstić information content (AvgIpc) is 2.93. The van der Waals surface area contributed by atoms with Crippen molar-refractivity contribution < 1.29 is 4.39 Å². The first-order valence-electron chi connectivity index (χ1n) is 6.68. The maximum absolute atomic E-state index is 13.7. The molecule has 114 valence electrons. The summed E-state index contributed by atoms with van der Waals surface area (Å²) in [5.74, 6) is -0.189. The number of nitrogens with one attached hydrogen (secondary N) is 1. The summed E-state index contributed by atoms with van der Waals surface area (Å²) in [6.07, 6.45) is 0. The van der Waals surface area contributed by atoms with E-state index in [2.05, 4.69) is 43.7 Å². The lowest BCUT2D eigenvalue weighted by atomic mass is 10.0. The number of rotatable bonds is 3. The Labute approximate surface area is 142 Å². The Morgan fingerprint density at radius 2 is 2.00 bits per heavy atom. The summed E-state index contributed by atoms with van der Waals surface area (Å²) in [6, 6.07) is 9.52. The van der Waals surface area contributed by atoms with E-state index >= 15 is 0 Å². The van der Waals surface area contributed by atoms with Crippen LogP contribution in [0, 0.1) is 5.82 Å². The van der Waals surface area contributed by atoms with Gasteiger partial charge in [-0.05, 0) is 35.2 Å². The van der Waals surface area contributed by atoms with E-state index in [1.807, 2.05) is 6.07 Å². The number of halogens is 3. The average molecular weight is 392 g/mol. The molecule has 2 heterocycles. The zero-order valence-corrected chi connectivity index (χ0v) is 14.6. The molecule has 2 nitrogen and oxygen atoms in total. The van der Waals surface area contributed by atoms with Crippen molar-refractivity contribution in [3.05, 3.63) is 56.4 Å². The lowest BCUT2D eigenvalue weighted by Gasteiger charge is -2.34. The molecule has 2 aromatic rings. The molecule has 0 radical (unpaired) electrons. The fourth-order valence-electron chi connectivity index (χ4n) is 2.68. The summed E-state index contributed by atoms with van der Waals surface area (Å²) in [6.45, 7) is 3.93. The summed E-state index contributed by atoms with van der Waals surface area (Å²) >= 11 is 5.13. The van der Waals surface area contributed by atoms with Gasteiger partial charge in [0, 0.05) is 35.5 Å². The first-order chi connectivity index (χ1) is 9.74. The summed E-state index contributed by atoms with van der Waals surface area (Å²) in [5.41, 5.74) is 1.02. The SMILES string of the molecule is Cl.Fc1cc(Br)cc([C@H](c2cccs2)N2CCNCC2)c1. The minimum atomic E-state index is -0.189. The van der Waals surface area contributed by atoms with Crippen molar-refractivity contribution in [2.75, 3.05) is 26.2 Å². The van der Waals surface area contributed by atoms with Crippen molar-refractivity contribution in [1.82, 2.24) is 10.2 Å². The summed E-state index contributed by atoms with van der Waals surface area (Å²) in [4.78, 5) is 3.69. The monoisotopic (exact) mass is 390 g/mol. The minimum Gasteiger partial charge on any atom is -0.314 e. The number of thiophene rings is 1. The number of piperazine rings is 1. The van der Waals surface area contributed by atoms with Gasteiger partial charge in [-0.3, -0.25) is 4.90 Å². The summed E-state index contributed by atoms with van der Waals surface area (Å²) < 4.78 is 14.5. The number of hydrogen-bond donors (Lipinski definition) is 1.